The molecule has 2 aliphatic carbocycles. The second-order valence-electron chi connectivity index (χ2n) is 11.2. The number of aliphatic hydroxyl groups excluding tert-OH is 1. The Hall–Kier alpha value is -4.28. The van der Waals surface area contributed by atoms with E-state index in [0.717, 1.165) is 17.0 Å². The van der Waals surface area contributed by atoms with Crippen molar-refractivity contribution in [3.63, 3.8) is 0 Å². The summed E-state index contributed by atoms with van der Waals surface area (Å²) >= 11 is 6.50. The lowest BCUT2D eigenvalue weighted by molar-refractivity contribution is -0.137. The van der Waals surface area contributed by atoms with Gasteiger partial charge in [0, 0.05) is 36.2 Å². The molecule has 14 heteroatoms. The Labute approximate surface area is 254 Å². The third-order valence-electron chi connectivity index (χ3n) is 8.44. The lowest BCUT2D eigenvalue weighted by atomic mass is 9.83. The molecular weight excluding hydrogens is 604 g/mol. The maximum atomic E-state index is 14.8. The first-order valence-electron chi connectivity index (χ1n) is 13.9. The molecular formula is C30H25ClF4N6O3. The maximum Gasteiger partial charge on any atom is 0.252 e. The van der Waals surface area contributed by atoms with Crippen molar-refractivity contribution in [3.05, 3.63) is 82.1 Å². The molecule has 2 heterocycles. The second kappa shape index (κ2) is 11.0. The molecule has 3 atom stereocenters. The van der Waals surface area contributed by atoms with Crippen LogP contribution in [0, 0.1) is 23.0 Å². The average Bonchev–Trinajstić information content (AvgIpc) is 3.54. The minimum Gasteiger partial charge on any atom is -0.373 e. The summed E-state index contributed by atoms with van der Waals surface area (Å²) in [5.41, 5.74) is -1.50. The van der Waals surface area contributed by atoms with Gasteiger partial charge in [-0.15, -0.1) is 0 Å². The van der Waals surface area contributed by atoms with E-state index in [4.69, 9.17) is 11.6 Å². The number of nitrogens with zero attached hydrogens (tertiary/aromatic N) is 5. The number of fused-ring (bicyclic) bond motifs is 1. The predicted octanol–water partition coefficient (Wildman–Crippen LogP) is 4.36. The molecule has 1 unspecified atom stereocenters. The molecule has 1 saturated carbocycles. The van der Waals surface area contributed by atoms with Crippen molar-refractivity contribution in [2.75, 3.05) is 9.80 Å². The third kappa shape index (κ3) is 5.01. The van der Waals surface area contributed by atoms with Gasteiger partial charge in [-0.1, -0.05) is 23.7 Å². The number of carbonyl (C=O) groups excluding carboxylic acids is 2. The highest BCUT2D eigenvalue weighted by Crippen LogP contribution is 2.48. The van der Waals surface area contributed by atoms with E-state index < -0.39 is 66.1 Å². The number of benzene rings is 2. The van der Waals surface area contributed by atoms with Crippen molar-refractivity contribution in [3.8, 4) is 6.07 Å². The zero-order chi connectivity index (χ0) is 31.4. The Morgan fingerprint density at radius 1 is 1.14 bits per heavy atom. The Balaban J connectivity index is 1.52. The van der Waals surface area contributed by atoms with E-state index in [1.807, 2.05) is 6.07 Å². The van der Waals surface area contributed by atoms with E-state index in [9.17, 15) is 37.5 Å². The lowest BCUT2D eigenvalue weighted by Gasteiger charge is -2.45. The van der Waals surface area contributed by atoms with E-state index in [0.29, 0.717) is 16.7 Å². The quantitative estimate of drug-likeness (QED) is 0.389. The van der Waals surface area contributed by atoms with Crippen LogP contribution in [-0.2, 0) is 21.5 Å². The number of aliphatic hydroxyl groups is 1. The van der Waals surface area contributed by atoms with Gasteiger partial charge < -0.3 is 15.3 Å². The van der Waals surface area contributed by atoms with Crippen molar-refractivity contribution in [1.82, 2.24) is 15.3 Å². The standard InChI is InChI=1S/C30H25ClF4N6O3/c31-23-3-1-2-22-21(23)6-8-30(22,27(44)38-19-13-29(34,35)14-19)41(20-11-16(32)10-17(33)12-20)26(43)24-4-5-25(42)40(24)28-37-9-7-18(15-36)39-28/h1-3,7,9-12,19,24-25,42H,4-6,8,13-14H2,(H,38,44)/t24-,25?,30-/m0/s1. The smallest absolute Gasteiger partial charge is 0.252 e. The summed E-state index contributed by atoms with van der Waals surface area (Å²) < 4.78 is 57.1. The largest absolute Gasteiger partial charge is 0.373 e. The number of hydrogen-bond donors (Lipinski definition) is 2. The number of carbonyl (C=O) groups is 2. The summed E-state index contributed by atoms with van der Waals surface area (Å²) in [4.78, 5) is 39.6. The summed E-state index contributed by atoms with van der Waals surface area (Å²) in [7, 11) is 0. The Morgan fingerprint density at radius 2 is 1.86 bits per heavy atom. The second-order valence-corrected chi connectivity index (χ2v) is 11.6. The van der Waals surface area contributed by atoms with E-state index in [2.05, 4.69) is 15.3 Å². The Morgan fingerprint density at radius 3 is 2.55 bits per heavy atom. The predicted molar refractivity (Wildman–Crippen MR) is 150 cm³/mol. The molecule has 0 radical (unpaired) electrons. The summed E-state index contributed by atoms with van der Waals surface area (Å²) in [6.07, 6.45) is -0.980. The van der Waals surface area contributed by atoms with Crippen LogP contribution in [0.15, 0.2) is 48.7 Å². The number of halogens is 5. The molecule has 1 aromatic heterocycles. The number of aromatic nitrogens is 2. The summed E-state index contributed by atoms with van der Waals surface area (Å²) in [6, 6.07) is 8.22. The normalized spacial score (nSPS) is 23.9. The topological polar surface area (TPSA) is 122 Å². The number of nitriles is 1. The van der Waals surface area contributed by atoms with Gasteiger partial charge in [0.2, 0.25) is 5.95 Å². The highest BCUT2D eigenvalue weighted by Gasteiger charge is 2.57. The molecule has 0 spiro atoms. The van der Waals surface area contributed by atoms with Crippen LogP contribution in [0.1, 0.15) is 48.9 Å². The van der Waals surface area contributed by atoms with Gasteiger partial charge in [0.15, 0.2) is 5.54 Å². The number of rotatable bonds is 6. The minimum absolute atomic E-state index is 0.0307. The summed E-state index contributed by atoms with van der Waals surface area (Å²) in [5, 5.41) is 23.2. The van der Waals surface area contributed by atoms with E-state index in [1.165, 1.54) is 17.2 Å². The van der Waals surface area contributed by atoms with Crippen molar-refractivity contribution in [2.24, 2.45) is 0 Å². The number of hydrogen-bond acceptors (Lipinski definition) is 7. The summed E-state index contributed by atoms with van der Waals surface area (Å²) in [5.74, 6) is -6.79. The molecule has 1 aliphatic heterocycles. The van der Waals surface area contributed by atoms with Crippen LogP contribution in [0.4, 0.5) is 29.2 Å². The van der Waals surface area contributed by atoms with Gasteiger partial charge >= 0.3 is 0 Å². The van der Waals surface area contributed by atoms with Crippen LogP contribution in [0.5, 0.6) is 0 Å². The number of amides is 2. The molecule has 9 nitrogen and oxygen atoms in total. The molecule has 2 N–H and O–H groups in total. The fraction of sp³-hybridized carbons (Fsp3) is 0.367. The van der Waals surface area contributed by atoms with Crippen LogP contribution in [0.2, 0.25) is 5.02 Å². The van der Waals surface area contributed by atoms with Crippen LogP contribution in [-0.4, -0.2) is 51.1 Å². The molecule has 3 aromatic rings. The lowest BCUT2D eigenvalue weighted by Crippen LogP contribution is -2.64. The minimum atomic E-state index is -2.96. The highest BCUT2D eigenvalue weighted by atomic mass is 35.5. The monoisotopic (exact) mass is 628 g/mol. The van der Waals surface area contributed by atoms with Gasteiger partial charge in [-0.3, -0.25) is 14.5 Å². The molecule has 3 aliphatic rings. The number of alkyl halides is 2. The van der Waals surface area contributed by atoms with Gasteiger partial charge in [-0.2, -0.15) is 5.26 Å². The molecule has 6 rings (SSSR count). The summed E-state index contributed by atoms with van der Waals surface area (Å²) in [6.45, 7) is 0. The van der Waals surface area contributed by atoms with Crippen molar-refractivity contribution >= 4 is 35.1 Å². The van der Waals surface area contributed by atoms with Crippen LogP contribution in [0.3, 0.4) is 0 Å². The number of nitrogens with one attached hydrogen (secondary N) is 1. The first kappa shape index (κ1) is 29.8. The van der Waals surface area contributed by atoms with Crippen LogP contribution >= 0.6 is 11.6 Å². The Bertz CT molecular complexity index is 1680. The average molecular weight is 629 g/mol. The molecule has 2 aromatic carbocycles. The zero-order valence-electron chi connectivity index (χ0n) is 23.0. The van der Waals surface area contributed by atoms with Gasteiger partial charge in [0.25, 0.3) is 17.7 Å². The van der Waals surface area contributed by atoms with Gasteiger partial charge in [-0.05, 0) is 61.1 Å². The molecule has 2 amide bonds. The first-order chi connectivity index (χ1) is 20.9. The third-order valence-corrected chi connectivity index (χ3v) is 8.79. The molecule has 1 saturated heterocycles. The van der Waals surface area contributed by atoms with E-state index in [-0.39, 0.29) is 48.6 Å². The fourth-order valence-corrected chi connectivity index (χ4v) is 6.74. The van der Waals surface area contributed by atoms with Crippen molar-refractivity contribution < 1.29 is 32.3 Å². The van der Waals surface area contributed by atoms with Gasteiger partial charge in [0.05, 0.1) is 5.69 Å². The van der Waals surface area contributed by atoms with E-state index in [1.54, 1.807) is 18.2 Å². The van der Waals surface area contributed by atoms with Crippen LogP contribution in [0.25, 0.3) is 0 Å². The fourth-order valence-electron chi connectivity index (χ4n) is 6.47. The molecule has 0 bridgehead atoms. The van der Waals surface area contributed by atoms with Crippen molar-refractivity contribution in [1.29, 1.82) is 5.26 Å². The molecule has 228 valence electrons. The SMILES string of the molecule is N#Cc1ccnc(N2C(O)CC[C@H]2C(=O)N(c2cc(F)cc(F)c2)[C@@]2(C(=O)NC3CC(F)(F)C3)CCc3c(Cl)cccc32)n1. The van der Waals surface area contributed by atoms with Gasteiger partial charge in [0.1, 0.15) is 35.7 Å². The van der Waals surface area contributed by atoms with Crippen molar-refractivity contribution in [2.45, 2.75) is 68.3 Å². The first-order valence-corrected chi connectivity index (χ1v) is 14.3. The number of anilines is 2. The Kier molecular flexibility index (Phi) is 7.45. The molecule has 2 fully saturated rings. The molecule has 44 heavy (non-hydrogen) atoms. The van der Waals surface area contributed by atoms with Crippen LogP contribution < -0.4 is 15.1 Å². The van der Waals surface area contributed by atoms with E-state index >= 15 is 0 Å². The van der Waals surface area contributed by atoms with Gasteiger partial charge in [-0.25, -0.2) is 27.5 Å². The highest BCUT2D eigenvalue weighted by molar-refractivity contribution is 6.31. The zero-order valence-corrected chi connectivity index (χ0v) is 23.7. The maximum absolute atomic E-state index is 14.8.